The minimum absolute atomic E-state index is 0.0294. The molecule has 1 aliphatic heterocycles. The van der Waals surface area contributed by atoms with Gasteiger partial charge in [-0.15, -0.1) is 0 Å². The lowest BCUT2D eigenvalue weighted by molar-refractivity contribution is -0.141. The summed E-state index contributed by atoms with van der Waals surface area (Å²) in [6, 6.07) is -1.25. The van der Waals surface area contributed by atoms with Gasteiger partial charge >= 0.3 is 5.97 Å². The predicted molar refractivity (Wildman–Crippen MR) is 59.6 cm³/mol. The van der Waals surface area contributed by atoms with E-state index in [4.69, 9.17) is 5.11 Å². The van der Waals surface area contributed by atoms with Crippen LogP contribution in [0, 0.1) is 0 Å². The van der Waals surface area contributed by atoms with Gasteiger partial charge in [0.15, 0.2) is 14.9 Å². The molecule has 0 bridgehead atoms. The molecule has 0 aromatic heterocycles. The molecule has 8 nitrogen and oxygen atoms in total. The molecule has 1 unspecified atom stereocenters. The van der Waals surface area contributed by atoms with Crippen molar-refractivity contribution in [3.63, 3.8) is 0 Å². The first-order chi connectivity index (χ1) is 7.63. The van der Waals surface area contributed by atoms with Crippen LogP contribution >= 0.6 is 0 Å². The summed E-state index contributed by atoms with van der Waals surface area (Å²) in [5.41, 5.74) is 0. The van der Waals surface area contributed by atoms with Gasteiger partial charge in [-0.1, -0.05) is 0 Å². The number of carboxylic acids is 1. The second-order valence-electron chi connectivity index (χ2n) is 3.82. The van der Waals surface area contributed by atoms with Gasteiger partial charge in [0.25, 0.3) is 0 Å². The maximum Gasteiger partial charge on any atom is 0.323 e. The topological polar surface area (TPSA) is 121 Å². The minimum atomic E-state index is -4.11. The first-order valence-corrected chi connectivity index (χ1v) is 8.41. The lowest BCUT2D eigenvalue weighted by Crippen LogP contribution is -2.57. The van der Waals surface area contributed by atoms with Crippen molar-refractivity contribution in [2.24, 2.45) is 0 Å². The van der Waals surface area contributed by atoms with Gasteiger partial charge < -0.3 is 10.4 Å². The summed E-state index contributed by atoms with van der Waals surface area (Å²) < 4.78 is 46.3. The Morgan fingerprint density at radius 1 is 1.41 bits per heavy atom. The van der Waals surface area contributed by atoms with Gasteiger partial charge in [0.05, 0.1) is 0 Å². The van der Waals surface area contributed by atoms with E-state index in [2.05, 4.69) is 5.32 Å². The summed E-state index contributed by atoms with van der Waals surface area (Å²) in [4.78, 5) is 10.9. The van der Waals surface area contributed by atoms with E-state index < -0.39 is 37.0 Å². The summed E-state index contributed by atoms with van der Waals surface area (Å²) in [7, 11) is -7.83. The van der Waals surface area contributed by atoms with Crippen molar-refractivity contribution in [1.29, 1.82) is 0 Å². The van der Waals surface area contributed by atoms with E-state index in [1.807, 2.05) is 0 Å². The molecule has 1 fully saturated rings. The number of nitrogens with zero attached hydrogens (tertiary/aromatic N) is 1. The maximum absolute atomic E-state index is 11.8. The normalized spacial score (nSPS) is 23.5. The first-order valence-electron chi connectivity index (χ1n) is 4.74. The van der Waals surface area contributed by atoms with Crippen LogP contribution in [0.3, 0.4) is 0 Å². The standard InChI is InChI=1S/C7H14N2O6S2/c1-16(12,13)5-17(14,15)9-3-2-8-4-6(9)7(10)11/h6,8H,2-5H2,1H3,(H,10,11). The molecule has 1 aliphatic rings. The molecule has 0 radical (unpaired) electrons. The second-order valence-corrected chi connectivity index (χ2v) is 8.25. The monoisotopic (exact) mass is 286 g/mol. The highest BCUT2D eigenvalue weighted by Gasteiger charge is 2.38. The van der Waals surface area contributed by atoms with Crippen LogP contribution in [-0.4, -0.2) is 69.2 Å². The van der Waals surface area contributed by atoms with Gasteiger partial charge in [0.1, 0.15) is 6.04 Å². The van der Waals surface area contributed by atoms with Crippen LogP contribution in [0.15, 0.2) is 0 Å². The Morgan fingerprint density at radius 3 is 2.47 bits per heavy atom. The lowest BCUT2D eigenvalue weighted by atomic mass is 10.2. The van der Waals surface area contributed by atoms with E-state index >= 15 is 0 Å². The molecule has 0 spiro atoms. The van der Waals surface area contributed by atoms with E-state index in [1.54, 1.807) is 0 Å². The molecule has 0 aliphatic carbocycles. The number of nitrogens with one attached hydrogen (secondary N) is 1. The van der Waals surface area contributed by atoms with Crippen LogP contribution in [0.2, 0.25) is 0 Å². The van der Waals surface area contributed by atoms with Crippen LogP contribution in [0.4, 0.5) is 0 Å². The highest BCUT2D eigenvalue weighted by atomic mass is 32.3. The predicted octanol–water partition coefficient (Wildman–Crippen LogP) is -2.32. The molecule has 10 heteroatoms. The van der Waals surface area contributed by atoms with Crippen molar-refractivity contribution in [2.75, 3.05) is 31.0 Å². The van der Waals surface area contributed by atoms with E-state index in [-0.39, 0.29) is 13.1 Å². The molecule has 1 atom stereocenters. The average molecular weight is 286 g/mol. The Hall–Kier alpha value is -0.710. The van der Waals surface area contributed by atoms with Crippen molar-refractivity contribution in [1.82, 2.24) is 9.62 Å². The number of hydrogen-bond acceptors (Lipinski definition) is 6. The van der Waals surface area contributed by atoms with Gasteiger partial charge in [-0.3, -0.25) is 4.79 Å². The molecule has 0 aromatic carbocycles. The highest BCUT2D eigenvalue weighted by molar-refractivity contribution is 8.06. The van der Waals surface area contributed by atoms with Crippen molar-refractivity contribution < 1.29 is 26.7 Å². The first kappa shape index (κ1) is 14.4. The lowest BCUT2D eigenvalue weighted by Gasteiger charge is -2.32. The fourth-order valence-electron chi connectivity index (χ4n) is 1.57. The number of carboxylic acid groups (broad SMARTS) is 1. The molecule has 17 heavy (non-hydrogen) atoms. The van der Waals surface area contributed by atoms with Crippen molar-refractivity contribution in [3.8, 4) is 0 Å². The Kier molecular flexibility index (Phi) is 4.12. The average Bonchev–Trinajstić information content (AvgIpc) is 2.14. The summed E-state index contributed by atoms with van der Waals surface area (Å²) in [5, 5.41) is 10.6. The van der Waals surface area contributed by atoms with Gasteiger partial charge in [-0.25, -0.2) is 16.8 Å². The van der Waals surface area contributed by atoms with Crippen LogP contribution in [-0.2, 0) is 24.7 Å². The summed E-state index contributed by atoms with van der Waals surface area (Å²) >= 11 is 0. The van der Waals surface area contributed by atoms with Crippen molar-refractivity contribution in [2.45, 2.75) is 6.04 Å². The van der Waals surface area contributed by atoms with Gasteiger partial charge in [0, 0.05) is 25.9 Å². The highest BCUT2D eigenvalue weighted by Crippen LogP contribution is 2.12. The number of sulfone groups is 1. The van der Waals surface area contributed by atoms with Crippen molar-refractivity contribution >= 4 is 25.8 Å². The smallest absolute Gasteiger partial charge is 0.323 e. The fraction of sp³-hybridized carbons (Fsp3) is 0.857. The van der Waals surface area contributed by atoms with Crippen LogP contribution in [0.1, 0.15) is 0 Å². The minimum Gasteiger partial charge on any atom is -0.480 e. The molecule has 1 saturated heterocycles. The van der Waals surface area contributed by atoms with Crippen LogP contribution < -0.4 is 5.32 Å². The zero-order valence-corrected chi connectivity index (χ0v) is 10.8. The molecule has 0 amide bonds. The van der Waals surface area contributed by atoms with Gasteiger partial charge in [-0.2, -0.15) is 4.31 Å². The molecular weight excluding hydrogens is 272 g/mol. The van der Waals surface area contributed by atoms with Gasteiger partial charge in [-0.05, 0) is 0 Å². The van der Waals surface area contributed by atoms with E-state index in [9.17, 15) is 21.6 Å². The molecule has 100 valence electrons. The Labute approximate surface area is 99.6 Å². The van der Waals surface area contributed by atoms with E-state index in [0.29, 0.717) is 6.54 Å². The Morgan fingerprint density at radius 2 is 2.00 bits per heavy atom. The van der Waals surface area contributed by atoms with E-state index in [0.717, 1.165) is 10.6 Å². The van der Waals surface area contributed by atoms with Crippen LogP contribution in [0.5, 0.6) is 0 Å². The molecule has 1 heterocycles. The summed E-state index contributed by atoms with van der Waals surface area (Å²) in [6.45, 7) is 0.222. The third-order valence-electron chi connectivity index (χ3n) is 2.20. The van der Waals surface area contributed by atoms with Crippen molar-refractivity contribution in [3.05, 3.63) is 0 Å². The maximum atomic E-state index is 11.8. The number of aliphatic carboxylic acids is 1. The number of carbonyl (C=O) groups is 1. The number of rotatable bonds is 4. The third-order valence-corrected chi connectivity index (χ3v) is 6.26. The fourth-order valence-corrected chi connectivity index (χ4v) is 5.20. The zero-order chi connectivity index (χ0) is 13.3. The van der Waals surface area contributed by atoms with Crippen LogP contribution in [0.25, 0.3) is 0 Å². The molecule has 2 N–H and O–H groups in total. The molecular formula is C7H14N2O6S2. The third kappa shape index (κ3) is 3.91. The molecule has 0 saturated carbocycles. The largest absolute Gasteiger partial charge is 0.480 e. The SMILES string of the molecule is CS(=O)(=O)CS(=O)(=O)N1CCNCC1C(=O)O. The Bertz CT molecular complexity index is 496. The summed E-state index contributed by atoms with van der Waals surface area (Å²) in [6.07, 6.45) is 0.794. The Balaban J connectivity index is 2.99. The van der Waals surface area contributed by atoms with E-state index in [1.165, 1.54) is 0 Å². The molecule has 0 aromatic rings. The number of hydrogen-bond donors (Lipinski definition) is 2. The quantitative estimate of drug-likeness (QED) is 0.595. The zero-order valence-electron chi connectivity index (χ0n) is 9.16. The summed E-state index contributed by atoms with van der Waals surface area (Å²) in [5.74, 6) is -1.30. The second kappa shape index (κ2) is 4.88. The number of sulfonamides is 1. The molecule has 1 rings (SSSR count). The van der Waals surface area contributed by atoms with Gasteiger partial charge in [0.2, 0.25) is 10.0 Å². The number of piperazine rings is 1.